The molecule has 0 saturated carbocycles. The van der Waals surface area contributed by atoms with Crippen LogP contribution in [0, 0.1) is 0 Å². The third kappa shape index (κ3) is 2.56. The fourth-order valence-corrected chi connectivity index (χ4v) is 1.25. The Hall–Kier alpha value is -2.02. The summed E-state index contributed by atoms with van der Waals surface area (Å²) in [6, 6.07) is 0. The summed E-state index contributed by atoms with van der Waals surface area (Å²) in [4.78, 5) is 4.27. The molecule has 0 saturated heterocycles. The van der Waals surface area contributed by atoms with Crippen LogP contribution in [0.25, 0.3) is 5.70 Å². The fourth-order valence-electron chi connectivity index (χ4n) is 1.25. The van der Waals surface area contributed by atoms with Gasteiger partial charge in [0, 0.05) is 5.71 Å². The summed E-state index contributed by atoms with van der Waals surface area (Å²) in [6.07, 6.45) is 2.36. The summed E-state index contributed by atoms with van der Waals surface area (Å²) in [7, 11) is 5.67. The second-order valence-electron chi connectivity index (χ2n) is 3.31. The Kier molecular flexibility index (Phi) is 4.11. The Balaban J connectivity index is 3.27. The number of hydrogen-bond acceptors (Lipinski definition) is 5. The molecule has 1 rings (SSSR count). The maximum atomic E-state index is 5.88. The molecule has 0 spiro atoms. The van der Waals surface area contributed by atoms with Gasteiger partial charge < -0.3 is 15.8 Å². The summed E-state index contributed by atoms with van der Waals surface area (Å²) in [6.45, 7) is 9.27. The number of nitrogens with zero attached hydrogens (tertiary/aromatic N) is 3. The minimum absolute atomic E-state index is 0.322. The van der Waals surface area contributed by atoms with Gasteiger partial charge in [-0.15, -0.1) is 0 Å². The molecule has 0 aliphatic rings. The highest BCUT2D eigenvalue weighted by molar-refractivity contribution is 6.09. The van der Waals surface area contributed by atoms with Crippen molar-refractivity contribution in [3.63, 3.8) is 0 Å². The van der Waals surface area contributed by atoms with Crippen molar-refractivity contribution >= 4 is 30.9 Å². The molecule has 0 atom stereocenters. The molecule has 1 aromatic heterocycles. The van der Waals surface area contributed by atoms with Crippen LogP contribution in [0.3, 0.4) is 0 Å². The average molecular weight is 230 g/mol. The number of aliphatic imine (C=N–C) groups is 1. The second-order valence-corrected chi connectivity index (χ2v) is 3.31. The van der Waals surface area contributed by atoms with Crippen molar-refractivity contribution in [2.45, 2.75) is 13.3 Å². The predicted octanol–water partition coefficient (Wildman–Crippen LogP) is 0.499. The summed E-state index contributed by atoms with van der Waals surface area (Å²) in [5.41, 5.74) is 10.1. The quantitative estimate of drug-likeness (QED) is 0.297. The van der Waals surface area contributed by atoms with E-state index in [-0.39, 0.29) is 0 Å². The minimum atomic E-state index is 0.322. The van der Waals surface area contributed by atoms with Crippen LogP contribution in [-0.4, -0.2) is 23.4 Å². The largest absolute Gasteiger partial charge is 0.394 e. The number of aromatic nitrogens is 2. The van der Waals surface area contributed by atoms with Gasteiger partial charge in [0.1, 0.15) is 11.4 Å². The van der Waals surface area contributed by atoms with Crippen LogP contribution in [0.5, 0.6) is 0 Å². The number of hydrogen-bond donors (Lipinski definition) is 3. The molecule has 0 amide bonds. The SMILES string of the molecule is [B]n1nc(C(=C)NN)c(N)c1N=C(C=C)CC. The van der Waals surface area contributed by atoms with Gasteiger partial charge in [0.2, 0.25) is 0 Å². The maximum absolute atomic E-state index is 5.88. The first-order valence-electron chi connectivity index (χ1n) is 5.04. The van der Waals surface area contributed by atoms with Crippen LogP contribution in [0.4, 0.5) is 11.5 Å². The van der Waals surface area contributed by atoms with Gasteiger partial charge in [-0.3, -0.25) is 5.84 Å². The zero-order chi connectivity index (χ0) is 13.0. The van der Waals surface area contributed by atoms with E-state index in [9.17, 15) is 0 Å². The Labute approximate surface area is 101 Å². The molecular formula is C10H15BN6. The van der Waals surface area contributed by atoms with Crippen molar-refractivity contribution in [3.8, 4) is 0 Å². The van der Waals surface area contributed by atoms with Crippen molar-refractivity contribution in [2.75, 3.05) is 5.73 Å². The van der Waals surface area contributed by atoms with Crippen LogP contribution in [-0.2, 0) is 0 Å². The van der Waals surface area contributed by atoms with Gasteiger partial charge in [-0.25, -0.2) is 4.99 Å². The molecule has 0 bridgehead atoms. The molecule has 88 valence electrons. The van der Waals surface area contributed by atoms with E-state index in [0.29, 0.717) is 22.9 Å². The standard InChI is InChI=1S/C10H15BN6/c1-4-7(5-2)14-10-8(12)9(6(3)15-13)16-17(10)11/h4,15H,1,3,5,12-13H2,2H3. The van der Waals surface area contributed by atoms with Crippen LogP contribution in [0.2, 0.25) is 0 Å². The number of anilines is 1. The average Bonchev–Trinajstić information content (AvgIpc) is 2.61. The van der Waals surface area contributed by atoms with Gasteiger partial charge >= 0.3 is 0 Å². The smallest absolute Gasteiger partial charge is 0.267 e. The van der Waals surface area contributed by atoms with Crippen molar-refractivity contribution < 1.29 is 0 Å². The first kappa shape index (κ1) is 13.1. The summed E-state index contributed by atoms with van der Waals surface area (Å²) in [5.74, 6) is 5.59. The van der Waals surface area contributed by atoms with Gasteiger partial charge in [-0.05, 0) is 12.5 Å². The van der Waals surface area contributed by atoms with E-state index in [1.165, 1.54) is 0 Å². The van der Waals surface area contributed by atoms with Crippen LogP contribution in [0.15, 0.2) is 24.2 Å². The molecule has 2 radical (unpaired) electrons. The summed E-state index contributed by atoms with van der Waals surface area (Å²) < 4.78 is 1.09. The molecular weight excluding hydrogens is 215 g/mol. The molecule has 0 aliphatic carbocycles. The first-order valence-corrected chi connectivity index (χ1v) is 5.04. The molecule has 0 aromatic carbocycles. The number of allylic oxidation sites excluding steroid dienone is 1. The lowest BCUT2D eigenvalue weighted by Crippen LogP contribution is -2.20. The highest BCUT2D eigenvalue weighted by atomic mass is 15.3. The highest BCUT2D eigenvalue weighted by Gasteiger charge is 2.14. The summed E-state index contributed by atoms with van der Waals surface area (Å²) >= 11 is 0. The van der Waals surface area contributed by atoms with Crippen molar-refractivity contribution in [1.82, 2.24) is 15.1 Å². The Bertz CT molecular complexity index is 473. The first-order chi connectivity index (χ1) is 8.04. The number of rotatable bonds is 5. The van der Waals surface area contributed by atoms with Gasteiger partial charge in [-0.1, -0.05) is 20.1 Å². The van der Waals surface area contributed by atoms with Crippen LogP contribution >= 0.6 is 0 Å². The van der Waals surface area contributed by atoms with Gasteiger partial charge in [0.05, 0.1) is 5.70 Å². The third-order valence-electron chi connectivity index (χ3n) is 2.23. The van der Waals surface area contributed by atoms with Gasteiger partial charge in [-0.2, -0.15) is 5.10 Å². The molecule has 17 heavy (non-hydrogen) atoms. The Morgan fingerprint density at radius 1 is 1.71 bits per heavy atom. The monoisotopic (exact) mass is 230 g/mol. The predicted molar refractivity (Wildman–Crippen MR) is 71.7 cm³/mol. The molecule has 0 unspecified atom stereocenters. The Morgan fingerprint density at radius 3 is 2.82 bits per heavy atom. The van der Waals surface area contributed by atoms with E-state index in [1.54, 1.807) is 6.08 Å². The van der Waals surface area contributed by atoms with E-state index < -0.39 is 0 Å². The molecule has 0 aliphatic heterocycles. The molecule has 1 heterocycles. The third-order valence-corrected chi connectivity index (χ3v) is 2.23. The minimum Gasteiger partial charge on any atom is -0.394 e. The van der Waals surface area contributed by atoms with E-state index in [4.69, 9.17) is 19.6 Å². The van der Waals surface area contributed by atoms with Crippen molar-refractivity contribution in [2.24, 2.45) is 10.8 Å². The highest BCUT2D eigenvalue weighted by Crippen LogP contribution is 2.28. The lowest BCUT2D eigenvalue weighted by atomic mass is 10.2. The topological polar surface area (TPSA) is 94.2 Å². The zero-order valence-electron chi connectivity index (χ0n) is 9.77. The normalized spacial score (nSPS) is 11.3. The second kappa shape index (κ2) is 5.35. The van der Waals surface area contributed by atoms with Gasteiger partial charge in [0.15, 0.2) is 5.82 Å². The zero-order valence-corrected chi connectivity index (χ0v) is 9.77. The van der Waals surface area contributed by atoms with E-state index in [2.05, 4.69) is 28.7 Å². The molecule has 0 fully saturated rings. The summed E-state index contributed by atoms with van der Waals surface area (Å²) in [5, 5.41) is 3.99. The number of nitrogens with two attached hydrogens (primary N) is 2. The fraction of sp³-hybridized carbons (Fsp3) is 0.200. The van der Waals surface area contributed by atoms with E-state index >= 15 is 0 Å². The molecule has 1 aromatic rings. The van der Waals surface area contributed by atoms with Crippen LogP contribution < -0.4 is 17.0 Å². The van der Waals surface area contributed by atoms with Gasteiger partial charge in [0.25, 0.3) is 7.98 Å². The lowest BCUT2D eigenvalue weighted by Gasteiger charge is -2.01. The van der Waals surface area contributed by atoms with Crippen LogP contribution in [0.1, 0.15) is 19.0 Å². The number of hydrazine groups is 1. The Morgan fingerprint density at radius 2 is 2.35 bits per heavy atom. The lowest BCUT2D eigenvalue weighted by molar-refractivity contribution is 0.937. The molecule has 5 N–H and O–H groups in total. The maximum Gasteiger partial charge on any atom is 0.267 e. The van der Waals surface area contributed by atoms with E-state index in [1.807, 2.05) is 6.92 Å². The van der Waals surface area contributed by atoms with Crippen molar-refractivity contribution in [3.05, 3.63) is 24.9 Å². The van der Waals surface area contributed by atoms with E-state index in [0.717, 1.165) is 16.7 Å². The number of nitrogen functional groups attached to an aromatic ring is 1. The van der Waals surface area contributed by atoms with Crippen molar-refractivity contribution in [1.29, 1.82) is 0 Å². The molecule has 7 heteroatoms. The number of nitrogens with one attached hydrogen (secondary N) is 1. The molecule has 6 nitrogen and oxygen atoms in total.